The molecule has 0 aromatic carbocycles. The highest BCUT2D eigenvalue weighted by atomic mass is 16.5. The molecule has 0 radical (unpaired) electrons. The van der Waals surface area contributed by atoms with Crippen LogP contribution in [0.5, 0.6) is 0 Å². The molecule has 1 aliphatic rings. The third-order valence-electron chi connectivity index (χ3n) is 2.45. The van der Waals surface area contributed by atoms with E-state index in [-0.39, 0.29) is 5.60 Å². The molecular formula is C12H22O. The van der Waals surface area contributed by atoms with Crippen molar-refractivity contribution in [1.82, 2.24) is 0 Å². The lowest BCUT2D eigenvalue weighted by Gasteiger charge is -2.36. The Kier molecular flexibility index (Phi) is 3.18. The summed E-state index contributed by atoms with van der Waals surface area (Å²) in [5.41, 5.74) is 1.46. The molecule has 0 N–H and O–H groups in total. The van der Waals surface area contributed by atoms with Crippen LogP contribution in [-0.4, -0.2) is 11.7 Å². The quantitative estimate of drug-likeness (QED) is 0.593. The molecule has 0 aromatic rings. The lowest BCUT2D eigenvalue weighted by atomic mass is 9.88. The maximum atomic E-state index is 5.98. The standard InChI is InChI=1S/C12H22O/c1-9(2)7-12(5)8-10(3)6-11(4)13-12/h8-9,11H,6-7H2,1-5H3. The van der Waals surface area contributed by atoms with Crippen molar-refractivity contribution < 1.29 is 4.74 Å². The van der Waals surface area contributed by atoms with Crippen molar-refractivity contribution in [2.75, 3.05) is 0 Å². The van der Waals surface area contributed by atoms with E-state index >= 15 is 0 Å². The third-order valence-corrected chi connectivity index (χ3v) is 2.45. The zero-order chi connectivity index (χ0) is 10.1. The minimum Gasteiger partial charge on any atom is -0.368 e. The van der Waals surface area contributed by atoms with Crippen molar-refractivity contribution in [2.24, 2.45) is 5.92 Å². The molecular weight excluding hydrogens is 160 g/mol. The van der Waals surface area contributed by atoms with Crippen molar-refractivity contribution >= 4 is 0 Å². The molecule has 1 aliphatic heterocycles. The Labute approximate surface area is 82.2 Å². The zero-order valence-electron chi connectivity index (χ0n) is 9.55. The summed E-state index contributed by atoms with van der Waals surface area (Å²) in [6.07, 6.45) is 4.89. The van der Waals surface area contributed by atoms with Gasteiger partial charge in [-0.3, -0.25) is 0 Å². The highest BCUT2D eigenvalue weighted by Gasteiger charge is 2.29. The molecule has 76 valence electrons. The van der Waals surface area contributed by atoms with Gasteiger partial charge < -0.3 is 4.74 Å². The summed E-state index contributed by atoms with van der Waals surface area (Å²) in [4.78, 5) is 0. The maximum absolute atomic E-state index is 5.98. The Hall–Kier alpha value is -0.300. The lowest BCUT2D eigenvalue weighted by molar-refractivity contribution is -0.0637. The number of rotatable bonds is 2. The van der Waals surface area contributed by atoms with Gasteiger partial charge in [0.05, 0.1) is 11.7 Å². The minimum absolute atomic E-state index is 0.0179. The molecule has 13 heavy (non-hydrogen) atoms. The molecule has 0 aliphatic carbocycles. The number of hydrogen-bond acceptors (Lipinski definition) is 1. The first-order valence-electron chi connectivity index (χ1n) is 5.27. The van der Waals surface area contributed by atoms with Crippen LogP contribution < -0.4 is 0 Å². The van der Waals surface area contributed by atoms with Gasteiger partial charge in [0.15, 0.2) is 0 Å². The van der Waals surface area contributed by atoms with Gasteiger partial charge in [0.1, 0.15) is 0 Å². The van der Waals surface area contributed by atoms with Crippen LogP contribution >= 0.6 is 0 Å². The Morgan fingerprint density at radius 1 is 1.62 bits per heavy atom. The summed E-state index contributed by atoms with van der Waals surface area (Å²) in [6, 6.07) is 0. The van der Waals surface area contributed by atoms with Gasteiger partial charge in [0.25, 0.3) is 0 Å². The first kappa shape index (κ1) is 10.8. The predicted molar refractivity (Wildman–Crippen MR) is 56.8 cm³/mol. The molecule has 1 heterocycles. The Morgan fingerprint density at radius 2 is 2.23 bits per heavy atom. The third kappa shape index (κ3) is 3.15. The molecule has 1 heteroatoms. The summed E-state index contributed by atoms with van der Waals surface area (Å²) in [6.45, 7) is 11.1. The highest BCUT2D eigenvalue weighted by Crippen LogP contribution is 2.31. The van der Waals surface area contributed by atoms with E-state index in [0.717, 1.165) is 12.8 Å². The fraction of sp³-hybridized carbons (Fsp3) is 0.833. The molecule has 2 unspecified atom stereocenters. The smallest absolute Gasteiger partial charge is 0.0843 e. The van der Waals surface area contributed by atoms with Crippen molar-refractivity contribution in [3.8, 4) is 0 Å². The highest BCUT2D eigenvalue weighted by molar-refractivity contribution is 5.12. The van der Waals surface area contributed by atoms with E-state index < -0.39 is 0 Å². The molecule has 0 spiro atoms. The summed E-state index contributed by atoms with van der Waals surface area (Å²) < 4.78 is 5.98. The van der Waals surface area contributed by atoms with Gasteiger partial charge in [-0.15, -0.1) is 0 Å². The van der Waals surface area contributed by atoms with Crippen LogP contribution in [0.15, 0.2) is 11.6 Å². The topological polar surface area (TPSA) is 9.23 Å². The molecule has 1 rings (SSSR count). The van der Waals surface area contributed by atoms with Crippen molar-refractivity contribution in [2.45, 2.75) is 59.2 Å². The van der Waals surface area contributed by atoms with E-state index in [4.69, 9.17) is 4.74 Å². The predicted octanol–water partition coefficient (Wildman–Crippen LogP) is 3.55. The lowest BCUT2D eigenvalue weighted by Crippen LogP contribution is -2.35. The summed E-state index contributed by atoms with van der Waals surface area (Å²) in [5, 5.41) is 0. The van der Waals surface area contributed by atoms with Gasteiger partial charge in [-0.25, -0.2) is 0 Å². The van der Waals surface area contributed by atoms with E-state index in [1.54, 1.807) is 0 Å². The molecule has 0 saturated heterocycles. The van der Waals surface area contributed by atoms with Crippen molar-refractivity contribution in [1.29, 1.82) is 0 Å². The van der Waals surface area contributed by atoms with Crippen molar-refractivity contribution in [3.63, 3.8) is 0 Å². The Bertz CT molecular complexity index is 205. The van der Waals surface area contributed by atoms with E-state index in [1.165, 1.54) is 5.57 Å². The first-order valence-corrected chi connectivity index (χ1v) is 5.27. The van der Waals surface area contributed by atoms with Gasteiger partial charge in [-0.05, 0) is 39.5 Å². The summed E-state index contributed by atoms with van der Waals surface area (Å²) >= 11 is 0. The molecule has 2 atom stereocenters. The summed E-state index contributed by atoms with van der Waals surface area (Å²) in [5.74, 6) is 0.694. The molecule has 0 bridgehead atoms. The van der Waals surface area contributed by atoms with Crippen LogP contribution in [0.1, 0.15) is 47.5 Å². The van der Waals surface area contributed by atoms with Crippen LogP contribution in [0.4, 0.5) is 0 Å². The Balaban J connectivity index is 2.71. The van der Waals surface area contributed by atoms with Gasteiger partial charge in [0, 0.05) is 0 Å². The van der Waals surface area contributed by atoms with Gasteiger partial charge in [-0.2, -0.15) is 0 Å². The van der Waals surface area contributed by atoms with Crippen LogP contribution in [0.3, 0.4) is 0 Å². The number of hydrogen-bond donors (Lipinski definition) is 0. The van der Waals surface area contributed by atoms with Crippen LogP contribution in [0, 0.1) is 5.92 Å². The van der Waals surface area contributed by atoms with Crippen LogP contribution in [0.2, 0.25) is 0 Å². The monoisotopic (exact) mass is 182 g/mol. The molecule has 1 nitrogen and oxygen atoms in total. The minimum atomic E-state index is -0.0179. The zero-order valence-corrected chi connectivity index (χ0v) is 9.55. The Morgan fingerprint density at radius 3 is 2.69 bits per heavy atom. The normalized spacial score (nSPS) is 34.9. The average molecular weight is 182 g/mol. The van der Waals surface area contributed by atoms with Gasteiger partial charge in [-0.1, -0.05) is 25.5 Å². The molecule has 0 fully saturated rings. The number of ether oxygens (including phenoxy) is 1. The molecule has 0 amide bonds. The van der Waals surface area contributed by atoms with Crippen LogP contribution in [0.25, 0.3) is 0 Å². The van der Waals surface area contributed by atoms with Gasteiger partial charge in [0.2, 0.25) is 0 Å². The second kappa shape index (κ2) is 3.83. The maximum Gasteiger partial charge on any atom is 0.0843 e. The second-order valence-electron chi connectivity index (χ2n) is 5.03. The summed E-state index contributed by atoms with van der Waals surface area (Å²) in [7, 11) is 0. The fourth-order valence-corrected chi connectivity index (χ4v) is 2.49. The molecule has 0 saturated carbocycles. The molecule has 0 aromatic heterocycles. The van der Waals surface area contributed by atoms with E-state index in [9.17, 15) is 0 Å². The van der Waals surface area contributed by atoms with E-state index in [1.807, 2.05) is 0 Å². The van der Waals surface area contributed by atoms with Crippen molar-refractivity contribution in [3.05, 3.63) is 11.6 Å². The fourth-order valence-electron chi connectivity index (χ4n) is 2.49. The van der Waals surface area contributed by atoms with Gasteiger partial charge >= 0.3 is 0 Å². The SMILES string of the molecule is CC1=CC(C)(CC(C)C)OC(C)C1. The van der Waals surface area contributed by atoms with Crippen LogP contribution in [-0.2, 0) is 4.74 Å². The average Bonchev–Trinajstić information content (AvgIpc) is 1.77. The van der Waals surface area contributed by atoms with E-state index in [0.29, 0.717) is 12.0 Å². The largest absolute Gasteiger partial charge is 0.368 e. The second-order valence-corrected chi connectivity index (χ2v) is 5.03. The first-order chi connectivity index (χ1) is 5.91. The van der Waals surface area contributed by atoms with E-state index in [2.05, 4.69) is 40.7 Å².